The standard InChI is InChI=1S/C16H25ClN2/c1-5-15-10-18-16(3,4)11-19(15)12(2)13-7-6-8-14(17)9-13/h6-9,12,15,18H,5,10-11H2,1-4H3. The second-order valence-electron chi connectivity index (χ2n) is 6.23. The predicted octanol–water partition coefficient (Wildman–Crippen LogP) is 3.86. The molecule has 0 saturated carbocycles. The molecule has 0 bridgehead atoms. The van der Waals surface area contributed by atoms with Gasteiger partial charge in [-0.05, 0) is 44.9 Å². The molecule has 19 heavy (non-hydrogen) atoms. The molecule has 1 aliphatic heterocycles. The zero-order chi connectivity index (χ0) is 14.0. The Morgan fingerprint density at radius 3 is 2.84 bits per heavy atom. The van der Waals surface area contributed by atoms with Crippen molar-refractivity contribution < 1.29 is 0 Å². The minimum Gasteiger partial charge on any atom is -0.309 e. The number of halogens is 1. The van der Waals surface area contributed by atoms with Gasteiger partial charge in [-0.3, -0.25) is 4.90 Å². The number of piperazine rings is 1. The van der Waals surface area contributed by atoms with Crippen LogP contribution in [0.3, 0.4) is 0 Å². The van der Waals surface area contributed by atoms with Gasteiger partial charge in [0, 0.05) is 35.7 Å². The maximum Gasteiger partial charge on any atom is 0.0409 e. The van der Waals surface area contributed by atoms with Gasteiger partial charge in [-0.2, -0.15) is 0 Å². The monoisotopic (exact) mass is 280 g/mol. The number of benzene rings is 1. The van der Waals surface area contributed by atoms with E-state index in [9.17, 15) is 0 Å². The molecule has 3 heteroatoms. The molecule has 1 aliphatic rings. The van der Waals surface area contributed by atoms with Crippen molar-refractivity contribution in [3.8, 4) is 0 Å². The molecule has 0 radical (unpaired) electrons. The van der Waals surface area contributed by atoms with E-state index in [1.807, 2.05) is 12.1 Å². The van der Waals surface area contributed by atoms with E-state index in [4.69, 9.17) is 11.6 Å². The maximum atomic E-state index is 6.12. The molecule has 0 aliphatic carbocycles. The Bertz CT molecular complexity index is 431. The van der Waals surface area contributed by atoms with Crippen LogP contribution in [0, 0.1) is 0 Å². The van der Waals surface area contributed by atoms with Crippen LogP contribution in [0.25, 0.3) is 0 Å². The van der Waals surface area contributed by atoms with Crippen molar-refractivity contribution in [3.63, 3.8) is 0 Å². The Morgan fingerprint density at radius 1 is 1.47 bits per heavy atom. The Labute approximate surface area is 122 Å². The van der Waals surface area contributed by atoms with Crippen LogP contribution in [-0.2, 0) is 0 Å². The van der Waals surface area contributed by atoms with Crippen molar-refractivity contribution in [2.45, 2.75) is 51.7 Å². The van der Waals surface area contributed by atoms with Crippen LogP contribution in [0.5, 0.6) is 0 Å². The third kappa shape index (κ3) is 3.50. The average molecular weight is 281 g/mol. The molecule has 1 N–H and O–H groups in total. The number of hydrogen-bond donors (Lipinski definition) is 1. The van der Waals surface area contributed by atoms with Crippen LogP contribution in [0.4, 0.5) is 0 Å². The largest absolute Gasteiger partial charge is 0.309 e. The third-order valence-corrected chi connectivity index (χ3v) is 4.40. The summed E-state index contributed by atoms with van der Waals surface area (Å²) in [7, 11) is 0. The molecule has 0 aromatic heterocycles. The average Bonchev–Trinajstić information content (AvgIpc) is 2.37. The van der Waals surface area contributed by atoms with Crippen molar-refractivity contribution in [1.29, 1.82) is 0 Å². The molecule has 106 valence electrons. The predicted molar refractivity (Wildman–Crippen MR) is 82.7 cm³/mol. The first-order chi connectivity index (χ1) is 8.93. The van der Waals surface area contributed by atoms with Crippen LogP contribution in [0.2, 0.25) is 5.02 Å². The molecule has 0 spiro atoms. The molecule has 1 aromatic rings. The van der Waals surface area contributed by atoms with Crippen molar-refractivity contribution in [2.75, 3.05) is 13.1 Å². The van der Waals surface area contributed by atoms with Crippen molar-refractivity contribution >= 4 is 11.6 Å². The molecule has 0 amide bonds. The third-order valence-electron chi connectivity index (χ3n) is 4.16. The molecule has 1 heterocycles. The number of nitrogens with zero attached hydrogens (tertiary/aromatic N) is 1. The number of nitrogens with one attached hydrogen (secondary N) is 1. The molecule has 2 nitrogen and oxygen atoms in total. The van der Waals surface area contributed by atoms with E-state index < -0.39 is 0 Å². The number of hydrogen-bond acceptors (Lipinski definition) is 2. The Balaban J connectivity index is 2.21. The fourth-order valence-electron chi connectivity index (χ4n) is 2.94. The lowest BCUT2D eigenvalue weighted by Crippen LogP contribution is -2.61. The van der Waals surface area contributed by atoms with Gasteiger partial charge in [0.1, 0.15) is 0 Å². The summed E-state index contributed by atoms with van der Waals surface area (Å²) >= 11 is 6.12. The smallest absolute Gasteiger partial charge is 0.0409 e. The fourth-order valence-corrected chi connectivity index (χ4v) is 3.14. The number of rotatable bonds is 3. The zero-order valence-electron chi connectivity index (χ0n) is 12.4. The van der Waals surface area contributed by atoms with E-state index in [1.165, 1.54) is 12.0 Å². The quantitative estimate of drug-likeness (QED) is 0.904. The summed E-state index contributed by atoms with van der Waals surface area (Å²) in [5.41, 5.74) is 1.49. The van der Waals surface area contributed by atoms with Crippen LogP contribution in [0.15, 0.2) is 24.3 Å². The highest BCUT2D eigenvalue weighted by Gasteiger charge is 2.34. The highest BCUT2D eigenvalue weighted by molar-refractivity contribution is 6.30. The van der Waals surface area contributed by atoms with Gasteiger partial charge in [-0.15, -0.1) is 0 Å². The SMILES string of the molecule is CCC1CNC(C)(C)CN1C(C)c1cccc(Cl)c1. The molecule has 2 unspecified atom stereocenters. The van der Waals surface area contributed by atoms with Gasteiger partial charge in [0.2, 0.25) is 0 Å². The van der Waals surface area contributed by atoms with E-state index >= 15 is 0 Å². The Morgan fingerprint density at radius 2 is 2.21 bits per heavy atom. The van der Waals surface area contributed by atoms with Crippen LogP contribution in [-0.4, -0.2) is 29.6 Å². The Hall–Kier alpha value is -0.570. The van der Waals surface area contributed by atoms with Gasteiger partial charge in [0.15, 0.2) is 0 Å². The summed E-state index contributed by atoms with van der Waals surface area (Å²) in [4.78, 5) is 2.61. The van der Waals surface area contributed by atoms with E-state index in [2.05, 4.69) is 50.0 Å². The highest BCUT2D eigenvalue weighted by Crippen LogP contribution is 2.29. The van der Waals surface area contributed by atoms with E-state index in [1.54, 1.807) is 0 Å². The lowest BCUT2D eigenvalue weighted by atomic mass is 9.94. The molecule has 2 atom stereocenters. The molecular formula is C16H25ClN2. The highest BCUT2D eigenvalue weighted by atomic mass is 35.5. The molecule has 1 fully saturated rings. The van der Waals surface area contributed by atoms with Crippen molar-refractivity contribution in [1.82, 2.24) is 10.2 Å². The van der Waals surface area contributed by atoms with Gasteiger partial charge >= 0.3 is 0 Å². The minimum atomic E-state index is 0.179. The Kier molecular flexibility index (Phi) is 4.54. The normalized spacial score (nSPS) is 25.2. The van der Waals surface area contributed by atoms with Crippen LogP contribution < -0.4 is 5.32 Å². The first-order valence-corrected chi connectivity index (χ1v) is 7.57. The van der Waals surface area contributed by atoms with Crippen molar-refractivity contribution in [3.05, 3.63) is 34.9 Å². The summed E-state index contributed by atoms with van der Waals surface area (Å²) in [6.07, 6.45) is 1.17. The van der Waals surface area contributed by atoms with Gasteiger partial charge in [0.25, 0.3) is 0 Å². The van der Waals surface area contributed by atoms with Crippen LogP contribution >= 0.6 is 11.6 Å². The van der Waals surface area contributed by atoms with E-state index in [0.717, 1.165) is 18.1 Å². The lowest BCUT2D eigenvalue weighted by Gasteiger charge is -2.47. The molecule has 2 rings (SSSR count). The topological polar surface area (TPSA) is 15.3 Å². The molecule has 1 saturated heterocycles. The zero-order valence-corrected chi connectivity index (χ0v) is 13.2. The lowest BCUT2D eigenvalue weighted by molar-refractivity contribution is 0.0580. The van der Waals surface area contributed by atoms with E-state index in [-0.39, 0.29) is 5.54 Å². The second-order valence-corrected chi connectivity index (χ2v) is 6.67. The minimum absolute atomic E-state index is 0.179. The molecular weight excluding hydrogens is 256 g/mol. The van der Waals surface area contributed by atoms with Gasteiger partial charge in [-0.1, -0.05) is 30.7 Å². The summed E-state index contributed by atoms with van der Waals surface area (Å²) in [5, 5.41) is 4.47. The first-order valence-electron chi connectivity index (χ1n) is 7.19. The fraction of sp³-hybridized carbons (Fsp3) is 0.625. The summed E-state index contributed by atoms with van der Waals surface area (Å²) in [6, 6.07) is 9.26. The van der Waals surface area contributed by atoms with Gasteiger partial charge in [0.05, 0.1) is 0 Å². The van der Waals surface area contributed by atoms with Crippen LogP contribution in [0.1, 0.15) is 45.7 Å². The summed E-state index contributed by atoms with van der Waals surface area (Å²) < 4.78 is 0. The summed E-state index contributed by atoms with van der Waals surface area (Å²) in [5.74, 6) is 0. The first kappa shape index (κ1) is 14.8. The van der Waals surface area contributed by atoms with Gasteiger partial charge in [-0.25, -0.2) is 0 Å². The maximum absolute atomic E-state index is 6.12. The summed E-state index contributed by atoms with van der Waals surface area (Å²) in [6.45, 7) is 11.2. The van der Waals surface area contributed by atoms with Crippen molar-refractivity contribution in [2.24, 2.45) is 0 Å². The van der Waals surface area contributed by atoms with E-state index in [0.29, 0.717) is 12.1 Å². The molecule has 1 aromatic carbocycles. The second kappa shape index (κ2) is 5.82. The van der Waals surface area contributed by atoms with Gasteiger partial charge < -0.3 is 5.32 Å².